The molecule has 0 aromatic carbocycles. The van der Waals surface area contributed by atoms with Crippen LogP contribution in [-0.2, 0) is 14.6 Å². The first-order valence-electron chi connectivity index (χ1n) is 5.95. The van der Waals surface area contributed by atoms with E-state index in [0.717, 1.165) is 31.9 Å². The lowest BCUT2D eigenvalue weighted by Crippen LogP contribution is -2.57. The van der Waals surface area contributed by atoms with Gasteiger partial charge in [0.25, 0.3) is 0 Å². The monoisotopic (exact) mass is 262 g/mol. The molecule has 0 radical (unpaired) electrons. The van der Waals surface area contributed by atoms with Crippen LogP contribution < -0.4 is 11.1 Å². The van der Waals surface area contributed by atoms with Crippen molar-refractivity contribution in [2.45, 2.75) is 38.1 Å². The van der Waals surface area contributed by atoms with Crippen molar-refractivity contribution in [3.05, 3.63) is 0 Å². The van der Waals surface area contributed by atoms with E-state index in [1.54, 1.807) is 0 Å². The predicted molar refractivity (Wildman–Crippen MR) is 67.3 cm³/mol. The molecule has 1 amide bonds. The van der Waals surface area contributed by atoms with Crippen LogP contribution in [0.5, 0.6) is 0 Å². The van der Waals surface area contributed by atoms with Gasteiger partial charge in [-0.1, -0.05) is 19.8 Å². The Morgan fingerprint density at radius 2 is 2.18 bits per heavy atom. The van der Waals surface area contributed by atoms with Gasteiger partial charge in [0.05, 0.1) is 5.54 Å². The van der Waals surface area contributed by atoms with Crippen LogP contribution in [0.4, 0.5) is 0 Å². The normalized spacial score (nSPS) is 29.9. The van der Waals surface area contributed by atoms with E-state index in [4.69, 9.17) is 5.73 Å². The van der Waals surface area contributed by atoms with Crippen LogP contribution in [0.25, 0.3) is 0 Å². The fourth-order valence-corrected chi connectivity index (χ4v) is 3.13. The molecular weight excluding hydrogens is 240 g/mol. The Hall–Kier alpha value is -0.620. The Morgan fingerprint density at radius 1 is 1.53 bits per heavy atom. The Balaban J connectivity index is 2.65. The third kappa shape index (κ3) is 4.63. The molecule has 0 aromatic heterocycles. The predicted octanol–water partition coefficient (Wildman–Crippen LogP) is 0.0548. The topological polar surface area (TPSA) is 89.3 Å². The van der Waals surface area contributed by atoms with E-state index in [1.165, 1.54) is 0 Å². The summed E-state index contributed by atoms with van der Waals surface area (Å²) in [6, 6.07) is 0. The molecule has 0 saturated heterocycles. The molecule has 2 atom stereocenters. The fraction of sp³-hybridized carbons (Fsp3) is 0.909. The van der Waals surface area contributed by atoms with Crippen molar-refractivity contribution in [1.82, 2.24) is 5.32 Å². The first kappa shape index (κ1) is 14.4. The smallest absolute Gasteiger partial charge is 0.235 e. The number of hydrogen-bond acceptors (Lipinski definition) is 4. The lowest BCUT2D eigenvalue weighted by molar-refractivity contribution is -0.121. The van der Waals surface area contributed by atoms with Crippen LogP contribution in [-0.4, -0.2) is 38.4 Å². The van der Waals surface area contributed by atoms with Crippen molar-refractivity contribution in [1.29, 1.82) is 0 Å². The van der Waals surface area contributed by atoms with Crippen molar-refractivity contribution in [2.75, 3.05) is 18.6 Å². The van der Waals surface area contributed by atoms with Gasteiger partial charge in [-0.2, -0.15) is 0 Å². The summed E-state index contributed by atoms with van der Waals surface area (Å²) in [6.45, 7) is 2.50. The first-order valence-corrected chi connectivity index (χ1v) is 8.01. The zero-order valence-electron chi connectivity index (χ0n) is 10.5. The van der Waals surface area contributed by atoms with Crippen LogP contribution >= 0.6 is 0 Å². The molecule has 1 fully saturated rings. The van der Waals surface area contributed by atoms with Crippen molar-refractivity contribution < 1.29 is 13.2 Å². The number of nitrogens with one attached hydrogen (secondary N) is 1. The highest BCUT2D eigenvalue weighted by Crippen LogP contribution is 2.31. The standard InChI is InChI=1S/C11H22N2O3S/c1-9-4-3-5-11(6-9,8-12)13-10(14)7-17(2,15)16/h9H,3-8,12H2,1-2H3,(H,13,14). The third-order valence-electron chi connectivity index (χ3n) is 3.28. The van der Waals surface area contributed by atoms with Gasteiger partial charge in [-0.05, 0) is 18.8 Å². The molecule has 17 heavy (non-hydrogen) atoms. The molecule has 0 aromatic rings. The van der Waals surface area contributed by atoms with Crippen LogP contribution in [0.1, 0.15) is 32.6 Å². The molecule has 0 spiro atoms. The number of carbonyl (C=O) groups excluding carboxylic acids is 1. The summed E-state index contributed by atoms with van der Waals surface area (Å²) < 4.78 is 22.1. The number of amides is 1. The molecule has 6 heteroatoms. The van der Waals surface area contributed by atoms with E-state index < -0.39 is 27.0 Å². The van der Waals surface area contributed by atoms with Crippen molar-refractivity contribution in [3.8, 4) is 0 Å². The minimum Gasteiger partial charge on any atom is -0.349 e. The van der Waals surface area contributed by atoms with Gasteiger partial charge in [0, 0.05) is 12.8 Å². The third-order valence-corrected chi connectivity index (χ3v) is 4.07. The molecule has 3 N–H and O–H groups in total. The molecule has 0 aliphatic heterocycles. The van der Waals surface area contributed by atoms with E-state index in [1.807, 2.05) is 0 Å². The lowest BCUT2D eigenvalue weighted by atomic mass is 9.76. The van der Waals surface area contributed by atoms with Gasteiger partial charge in [-0.25, -0.2) is 8.42 Å². The zero-order chi connectivity index (χ0) is 13.1. The van der Waals surface area contributed by atoms with Crippen LogP contribution in [0.3, 0.4) is 0 Å². The summed E-state index contributed by atoms with van der Waals surface area (Å²) in [5.74, 6) is -0.374. The highest BCUT2D eigenvalue weighted by Gasteiger charge is 2.35. The molecule has 1 rings (SSSR count). The number of hydrogen-bond donors (Lipinski definition) is 2. The van der Waals surface area contributed by atoms with E-state index in [0.29, 0.717) is 12.5 Å². The summed E-state index contributed by atoms with van der Waals surface area (Å²) in [6.07, 6.45) is 4.90. The maximum atomic E-state index is 11.7. The number of rotatable bonds is 4. The molecule has 100 valence electrons. The second-order valence-corrected chi connectivity index (χ2v) is 7.44. The molecule has 5 nitrogen and oxygen atoms in total. The van der Waals surface area contributed by atoms with Gasteiger partial charge < -0.3 is 11.1 Å². The second-order valence-electron chi connectivity index (χ2n) is 5.30. The summed E-state index contributed by atoms with van der Waals surface area (Å²) in [4.78, 5) is 11.7. The van der Waals surface area contributed by atoms with Crippen molar-refractivity contribution >= 4 is 15.7 Å². The molecule has 0 heterocycles. The van der Waals surface area contributed by atoms with Crippen molar-refractivity contribution in [2.24, 2.45) is 11.7 Å². The summed E-state index contributed by atoms with van der Waals surface area (Å²) in [5.41, 5.74) is 5.35. The Morgan fingerprint density at radius 3 is 2.65 bits per heavy atom. The first-order chi connectivity index (χ1) is 7.76. The number of sulfone groups is 1. The quantitative estimate of drug-likeness (QED) is 0.749. The largest absolute Gasteiger partial charge is 0.349 e. The van der Waals surface area contributed by atoms with Gasteiger partial charge in [-0.3, -0.25) is 4.79 Å². The van der Waals surface area contributed by atoms with Crippen molar-refractivity contribution in [3.63, 3.8) is 0 Å². The summed E-state index contributed by atoms with van der Waals surface area (Å²) in [7, 11) is -3.28. The Bertz CT molecular complexity index is 380. The zero-order valence-corrected chi connectivity index (χ0v) is 11.3. The fourth-order valence-electron chi connectivity index (χ4n) is 2.58. The molecular formula is C11H22N2O3S. The SMILES string of the molecule is CC1CCCC(CN)(NC(=O)CS(C)(=O)=O)C1. The molecule has 0 bridgehead atoms. The van der Waals surface area contributed by atoms with Crippen LogP contribution in [0.2, 0.25) is 0 Å². The highest BCUT2D eigenvalue weighted by atomic mass is 32.2. The second kappa shape index (κ2) is 5.35. The lowest BCUT2D eigenvalue weighted by Gasteiger charge is -2.39. The molecule has 1 aliphatic carbocycles. The molecule has 1 aliphatic rings. The maximum Gasteiger partial charge on any atom is 0.235 e. The minimum atomic E-state index is -3.28. The molecule has 2 unspecified atom stereocenters. The Kier molecular flexibility index (Phi) is 4.55. The Labute approximate surface area is 103 Å². The van der Waals surface area contributed by atoms with Gasteiger partial charge in [-0.15, -0.1) is 0 Å². The average molecular weight is 262 g/mol. The summed E-state index contributed by atoms with van der Waals surface area (Å²) in [5, 5.41) is 2.83. The minimum absolute atomic E-state index is 0.368. The number of nitrogens with two attached hydrogens (primary N) is 1. The molecule has 1 saturated carbocycles. The maximum absolute atomic E-state index is 11.7. The van der Waals surface area contributed by atoms with Gasteiger partial charge in [0.15, 0.2) is 9.84 Å². The highest BCUT2D eigenvalue weighted by molar-refractivity contribution is 7.91. The van der Waals surface area contributed by atoms with Gasteiger partial charge in [0.2, 0.25) is 5.91 Å². The van der Waals surface area contributed by atoms with E-state index in [9.17, 15) is 13.2 Å². The van der Waals surface area contributed by atoms with Crippen LogP contribution in [0.15, 0.2) is 0 Å². The van der Waals surface area contributed by atoms with Crippen LogP contribution in [0, 0.1) is 5.92 Å². The van der Waals surface area contributed by atoms with Gasteiger partial charge in [0.1, 0.15) is 5.75 Å². The average Bonchev–Trinajstić information content (AvgIpc) is 2.14. The van der Waals surface area contributed by atoms with Gasteiger partial charge >= 0.3 is 0 Å². The number of carbonyl (C=O) groups is 1. The van der Waals surface area contributed by atoms with E-state index in [-0.39, 0.29) is 0 Å². The van der Waals surface area contributed by atoms with E-state index >= 15 is 0 Å². The summed E-state index contributed by atoms with van der Waals surface area (Å²) >= 11 is 0. The van der Waals surface area contributed by atoms with E-state index in [2.05, 4.69) is 12.2 Å².